The van der Waals surface area contributed by atoms with Crippen molar-refractivity contribution in [2.75, 3.05) is 13.2 Å². The number of carbonyl (C=O) groups excluding carboxylic acids is 4. The minimum absolute atomic E-state index is 0.0404. The number of hydrogen-bond acceptors (Lipinski definition) is 8. The summed E-state index contributed by atoms with van der Waals surface area (Å²) in [6.07, 6.45) is 26.2. The third kappa shape index (κ3) is 9.76. The highest BCUT2D eigenvalue weighted by Crippen LogP contribution is 2.70. The van der Waals surface area contributed by atoms with Gasteiger partial charge in [0.15, 0.2) is 0 Å². The van der Waals surface area contributed by atoms with Gasteiger partial charge < -0.3 is 18.9 Å². The Balaban J connectivity index is 0.000000196. The van der Waals surface area contributed by atoms with Gasteiger partial charge in [-0.05, 0) is 190 Å². The summed E-state index contributed by atoms with van der Waals surface area (Å²) >= 11 is 0. The number of ether oxygens (including phenoxy) is 4. The van der Waals surface area contributed by atoms with E-state index in [1.807, 2.05) is 19.9 Å². The lowest BCUT2D eigenvalue weighted by Gasteiger charge is -2.63. The Kier molecular flexibility index (Phi) is 15.8. The molecule has 0 heterocycles. The number of carbonyl (C=O) groups is 4. The van der Waals surface area contributed by atoms with Crippen LogP contribution in [0.25, 0.3) is 0 Å². The van der Waals surface area contributed by atoms with Crippen LogP contribution in [-0.2, 0) is 38.1 Å². The molecule has 0 aromatic rings. The summed E-state index contributed by atoms with van der Waals surface area (Å²) in [5, 5.41) is 0. The maximum absolute atomic E-state index is 12.2. The van der Waals surface area contributed by atoms with E-state index < -0.39 is 0 Å². The zero-order chi connectivity index (χ0) is 47.9. The van der Waals surface area contributed by atoms with Crippen molar-refractivity contribution in [3.8, 4) is 0 Å². The second-order valence-corrected chi connectivity index (χ2v) is 24.8. The second kappa shape index (κ2) is 20.4. The van der Waals surface area contributed by atoms with Crippen molar-refractivity contribution in [1.29, 1.82) is 0 Å². The monoisotopic (exact) mass is 917 g/mol. The Bertz CT molecular complexity index is 1820. The number of allylic oxidation sites excluding steroid dienone is 3. The molecule has 7 saturated carbocycles. The maximum Gasteiger partial charge on any atom is 0.330 e. The predicted molar refractivity (Wildman–Crippen MR) is 261 cm³/mol. The fourth-order valence-electron chi connectivity index (χ4n) is 18.1. The van der Waals surface area contributed by atoms with E-state index in [1.54, 1.807) is 19.9 Å². The van der Waals surface area contributed by atoms with Gasteiger partial charge in [0, 0.05) is 38.2 Å². The zero-order valence-corrected chi connectivity index (χ0v) is 43.6. The van der Waals surface area contributed by atoms with Gasteiger partial charge in [0.2, 0.25) is 0 Å². The van der Waals surface area contributed by atoms with E-state index in [4.69, 9.17) is 18.9 Å². The van der Waals surface area contributed by atoms with Crippen LogP contribution >= 0.6 is 0 Å². The summed E-state index contributed by atoms with van der Waals surface area (Å²) in [6, 6.07) is 0. The Labute approximate surface area is 400 Å². The fourth-order valence-corrected chi connectivity index (χ4v) is 18.1. The van der Waals surface area contributed by atoms with Crippen LogP contribution in [0, 0.1) is 98.6 Å². The Morgan fingerprint density at radius 2 is 1.18 bits per heavy atom. The summed E-state index contributed by atoms with van der Waals surface area (Å²) in [4.78, 5) is 48.2. The molecule has 0 amide bonds. The van der Waals surface area contributed by atoms with Crippen molar-refractivity contribution in [3.63, 3.8) is 0 Å². The summed E-state index contributed by atoms with van der Waals surface area (Å²) in [6.45, 7) is 27.2. The minimum atomic E-state index is -0.263. The highest BCUT2D eigenvalue weighted by Gasteiger charge is 2.65. The van der Waals surface area contributed by atoms with Crippen LogP contribution < -0.4 is 0 Å². The molecule has 8 aliphatic rings. The van der Waals surface area contributed by atoms with Crippen molar-refractivity contribution >= 4 is 23.9 Å². The second-order valence-electron chi connectivity index (χ2n) is 24.8. The Hall–Kier alpha value is -2.64. The molecule has 0 N–H and O–H groups in total. The summed E-state index contributed by atoms with van der Waals surface area (Å²) < 4.78 is 22.5. The molecule has 0 radical (unpaired) electrons. The summed E-state index contributed by atoms with van der Waals surface area (Å²) in [7, 11) is 0. The standard InChI is InChI=1S/C29H48O4.C29H44O4/c2*1-7-32-26(31)11-8-19(3)22-9-10-23-27-24(13-15-29(22,23)6)28(5)14-12-18(2)16-21(28)17-25(27)33-20(4)30/h18-19,21-25,27H,7-17H2,1-6H3;8-9,11,18-19,21,23-25,27H,7,10,12-17H2,1-6H3/b;11-8+/t18-,19-,21+,22-,23+,24+,25-,27+,28+,29-;18-,19-,21+,23+,24+,25-,27+,28+,29-/m11/s1. The average molecular weight is 917 g/mol. The van der Waals surface area contributed by atoms with Crippen LogP contribution in [0.5, 0.6) is 0 Å². The first-order chi connectivity index (χ1) is 31.2. The topological polar surface area (TPSA) is 105 Å². The first kappa shape index (κ1) is 51.2. The van der Waals surface area contributed by atoms with Gasteiger partial charge in [0.25, 0.3) is 0 Å². The van der Waals surface area contributed by atoms with Gasteiger partial charge in [0.1, 0.15) is 12.2 Å². The smallest absolute Gasteiger partial charge is 0.330 e. The first-order valence-electron chi connectivity index (χ1n) is 27.3. The predicted octanol–water partition coefficient (Wildman–Crippen LogP) is 13.3. The van der Waals surface area contributed by atoms with Gasteiger partial charge in [-0.2, -0.15) is 0 Å². The lowest BCUT2D eigenvalue weighted by Crippen LogP contribution is -2.59. The molecule has 0 spiro atoms. The molecular weight excluding hydrogens is 825 g/mol. The molecule has 0 aromatic carbocycles. The molecule has 7 fully saturated rings. The van der Waals surface area contributed by atoms with E-state index in [0.29, 0.717) is 95.1 Å². The van der Waals surface area contributed by atoms with Crippen LogP contribution in [0.15, 0.2) is 23.8 Å². The van der Waals surface area contributed by atoms with Crippen molar-refractivity contribution in [2.24, 2.45) is 98.6 Å². The number of hydrogen-bond donors (Lipinski definition) is 0. The Morgan fingerprint density at radius 1 is 0.667 bits per heavy atom. The minimum Gasteiger partial charge on any atom is -0.466 e. The lowest BCUT2D eigenvalue weighted by molar-refractivity contribution is -0.191. The van der Waals surface area contributed by atoms with Crippen molar-refractivity contribution < 1.29 is 38.1 Å². The van der Waals surface area contributed by atoms with E-state index in [2.05, 4.69) is 61.5 Å². The largest absolute Gasteiger partial charge is 0.466 e. The van der Waals surface area contributed by atoms with Gasteiger partial charge in [-0.15, -0.1) is 0 Å². The third-order valence-corrected chi connectivity index (χ3v) is 21.3. The quantitative estimate of drug-likeness (QED) is 0.0873. The maximum atomic E-state index is 12.2. The summed E-state index contributed by atoms with van der Waals surface area (Å²) in [5.74, 6) is 7.13. The third-order valence-electron chi connectivity index (χ3n) is 21.3. The molecule has 8 aliphatic carbocycles. The molecule has 8 heteroatoms. The van der Waals surface area contributed by atoms with Gasteiger partial charge >= 0.3 is 23.9 Å². The van der Waals surface area contributed by atoms with Crippen molar-refractivity contribution in [3.05, 3.63) is 23.8 Å². The number of esters is 4. The molecule has 8 rings (SSSR count). The van der Waals surface area contributed by atoms with Gasteiger partial charge in [-0.25, -0.2) is 4.79 Å². The van der Waals surface area contributed by atoms with Crippen molar-refractivity contribution in [1.82, 2.24) is 0 Å². The molecule has 0 saturated heterocycles. The van der Waals surface area contributed by atoms with Crippen LogP contribution in [0.1, 0.15) is 192 Å². The van der Waals surface area contributed by atoms with Crippen LogP contribution in [0.2, 0.25) is 0 Å². The van der Waals surface area contributed by atoms with Crippen LogP contribution in [0.3, 0.4) is 0 Å². The van der Waals surface area contributed by atoms with E-state index in [0.717, 1.165) is 37.5 Å². The van der Waals surface area contributed by atoms with Crippen LogP contribution in [-0.4, -0.2) is 49.3 Å². The van der Waals surface area contributed by atoms with E-state index in [9.17, 15) is 19.2 Å². The molecular formula is C58H92O8. The average Bonchev–Trinajstić information content (AvgIpc) is 3.80. The van der Waals surface area contributed by atoms with E-state index in [-0.39, 0.29) is 47.4 Å². The number of rotatable bonds is 11. The highest BCUT2D eigenvalue weighted by atomic mass is 16.6. The lowest BCUT2D eigenvalue weighted by atomic mass is 9.43. The first-order valence-corrected chi connectivity index (χ1v) is 27.3. The normalized spacial score (nSPS) is 44.2. The zero-order valence-electron chi connectivity index (χ0n) is 43.6. The van der Waals surface area contributed by atoms with Gasteiger partial charge in [-0.3, -0.25) is 14.4 Å². The van der Waals surface area contributed by atoms with E-state index >= 15 is 0 Å². The molecule has 372 valence electrons. The molecule has 19 atom stereocenters. The van der Waals surface area contributed by atoms with Gasteiger partial charge in [0.05, 0.1) is 13.2 Å². The van der Waals surface area contributed by atoms with Crippen molar-refractivity contribution in [2.45, 2.75) is 204 Å². The van der Waals surface area contributed by atoms with E-state index in [1.165, 1.54) is 82.6 Å². The molecule has 66 heavy (non-hydrogen) atoms. The molecule has 0 aromatic heterocycles. The SMILES string of the molecule is CCOC(=O)/C=C/[C@@H](C)C1=CC[C@H]2[C@@H]3[C@H](OC(C)=O)C[C@@H]4C[C@H](C)CC[C@]4(C)[C@H]3CC[C@]12C.CCOC(=O)CC[C@@H](C)[C@H]1CC[C@H]2[C@@H]3[C@H](OC(C)=O)C[C@@H]4C[C@H](C)CC[C@]4(C)[C@H]3CC[C@]12C. The van der Waals surface area contributed by atoms with Gasteiger partial charge in [-0.1, -0.05) is 86.0 Å². The fraction of sp³-hybridized carbons (Fsp3) is 0.862. The molecule has 0 aliphatic heterocycles. The highest BCUT2D eigenvalue weighted by molar-refractivity contribution is 5.82. The molecule has 0 unspecified atom stereocenters. The Morgan fingerprint density at radius 3 is 1.73 bits per heavy atom. The molecule has 8 nitrogen and oxygen atoms in total. The summed E-state index contributed by atoms with van der Waals surface area (Å²) in [5.41, 5.74) is 2.62. The van der Waals surface area contributed by atoms with Crippen LogP contribution in [0.4, 0.5) is 0 Å². The number of fused-ring (bicyclic) bond motifs is 10. The molecule has 0 bridgehead atoms.